The Labute approximate surface area is 117 Å². The van der Waals surface area contributed by atoms with Crippen LogP contribution in [0.3, 0.4) is 0 Å². The third kappa shape index (κ3) is 3.65. The third-order valence-corrected chi connectivity index (χ3v) is 2.65. The molecule has 2 N–H and O–H groups in total. The molecule has 0 heterocycles. The van der Waals surface area contributed by atoms with E-state index in [2.05, 4.69) is 4.74 Å². The molecular weight excluding hydrogens is 289 g/mol. The van der Waals surface area contributed by atoms with E-state index in [1.807, 2.05) is 0 Å². The zero-order chi connectivity index (χ0) is 15.6. The van der Waals surface area contributed by atoms with Gasteiger partial charge in [0.05, 0.1) is 5.56 Å². The Bertz CT molecular complexity index is 663. The van der Waals surface area contributed by atoms with Gasteiger partial charge in [0.1, 0.15) is 11.5 Å². The number of carboxylic acids is 1. The van der Waals surface area contributed by atoms with E-state index in [1.54, 1.807) is 0 Å². The first kappa shape index (κ1) is 14.7. The summed E-state index contributed by atoms with van der Waals surface area (Å²) >= 11 is 0. The molecule has 0 atom stereocenters. The average Bonchev–Trinajstić information content (AvgIpc) is 2.37. The highest BCUT2D eigenvalue weighted by Gasteiger charge is 2.31. The number of ether oxygens (including phenoxy) is 1. The summed E-state index contributed by atoms with van der Waals surface area (Å²) in [5.41, 5.74) is 0.799. The van der Waals surface area contributed by atoms with Crippen LogP contribution in [0.5, 0.6) is 11.5 Å². The van der Waals surface area contributed by atoms with Crippen molar-refractivity contribution in [2.75, 3.05) is 0 Å². The highest BCUT2D eigenvalue weighted by Crippen LogP contribution is 2.34. The summed E-state index contributed by atoms with van der Waals surface area (Å²) in [7, 11) is 0. The Morgan fingerprint density at radius 2 is 1.67 bits per heavy atom. The fourth-order valence-electron chi connectivity index (χ4n) is 1.75. The van der Waals surface area contributed by atoms with Crippen LogP contribution in [0, 0.1) is 0 Å². The zero-order valence-electron chi connectivity index (χ0n) is 10.4. The van der Waals surface area contributed by atoms with Gasteiger partial charge in [-0.15, -0.1) is 13.2 Å². The Morgan fingerprint density at radius 1 is 1.05 bits per heavy atom. The van der Waals surface area contributed by atoms with Crippen LogP contribution in [-0.2, 0) is 0 Å². The van der Waals surface area contributed by atoms with Gasteiger partial charge in [0.2, 0.25) is 0 Å². The van der Waals surface area contributed by atoms with Crippen molar-refractivity contribution in [3.63, 3.8) is 0 Å². The van der Waals surface area contributed by atoms with E-state index in [0.717, 1.165) is 12.1 Å². The van der Waals surface area contributed by atoms with Gasteiger partial charge in [-0.3, -0.25) is 0 Å². The van der Waals surface area contributed by atoms with Gasteiger partial charge in [-0.2, -0.15) is 0 Å². The molecule has 0 fully saturated rings. The van der Waals surface area contributed by atoms with Gasteiger partial charge < -0.3 is 14.9 Å². The second-order valence-corrected chi connectivity index (χ2v) is 4.11. The highest BCUT2D eigenvalue weighted by molar-refractivity contribution is 5.88. The maximum Gasteiger partial charge on any atom is 0.573 e. The molecular formula is C14H9F3O4. The van der Waals surface area contributed by atoms with Gasteiger partial charge in [0, 0.05) is 11.6 Å². The summed E-state index contributed by atoms with van der Waals surface area (Å²) in [5.74, 6) is -2.04. The molecule has 0 saturated heterocycles. The molecule has 0 bridgehead atoms. The first-order chi connectivity index (χ1) is 9.76. The summed E-state index contributed by atoms with van der Waals surface area (Å²) < 4.78 is 39.9. The molecule has 0 saturated carbocycles. The van der Waals surface area contributed by atoms with Gasteiger partial charge in [-0.1, -0.05) is 12.1 Å². The number of halogens is 3. The highest BCUT2D eigenvalue weighted by atomic mass is 19.4. The minimum Gasteiger partial charge on any atom is -0.507 e. The molecule has 0 aliphatic heterocycles. The van der Waals surface area contributed by atoms with Crippen molar-refractivity contribution in [1.82, 2.24) is 0 Å². The molecule has 2 rings (SSSR count). The number of hydrogen-bond donors (Lipinski definition) is 2. The summed E-state index contributed by atoms with van der Waals surface area (Å²) in [6.45, 7) is 0. The summed E-state index contributed by atoms with van der Waals surface area (Å²) in [4.78, 5) is 10.7. The van der Waals surface area contributed by atoms with Crippen molar-refractivity contribution in [2.24, 2.45) is 0 Å². The van der Waals surface area contributed by atoms with Gasteiger partial charge in [-0.05, 0) is 29.8 Å². The Morgan fingerprint density at radius 3 is 2.14 bits per heavy atom. The van der Waals surface area contributed by atoms with E-state index < -0.39 is 23.8 Å². The van der Waals surface area contributed by atoms with Gasteiger partial charge >= 0.3 is 12.3 Å². The van der Waals surface area contributed by atoms with E-state index in [9.17, 15) is 23.1 Å². The van der Waals surface area contributed by atoms with Crippen LogP contribution in [0.4, 0.5) is 13.2 Å². The average molecular weight is 298 g/mol. The normalized spacial score (nSPS) is 11.2. The molecule has 0 amide bonds. The number of carboxylic acid groups (broad SMARTS) is 1. The van der Waals surface area contributed by atoms with Crippen LogP contribution in [0.1, 0.15) is 10.4 Å². The van der Waals surface area contributed by atoms with Crippen LogP contribution < -0.4 is 4.74 Å². The molecule has 4 nitrogen and oxygen atoms in total. The molecule has 0 aromatic heterocycles. The maximum atomic E-state index is 12.1. The third-order valence-electron chi connectivity index (χ3n) is 2.65. The lowest BCUT2D eigenvalue weighted by Crippen LogP contribution is -2.16. The standard InChI is InChI=1S/C14H9F3O4/c15-14(16,17)21-10-5-6-11(12(18)7-10)8-1-3-9(4-2-8)13(19)20/h1-7,18H,(H,19,20). The predicted molar refractivity (Wildman–Crippen MR) is 67.2 cm³/mol. The number of aromatic hydroxyl groups is 1. The molecule has 2 aromatic carbocycles. The van der Waals surface area contributed by atoms with Crippen molar-refractivity contribution in [3.8, 4) is 22.6 Å². The quantitative estimate of drug-likeness (QED) is 0.907. The predicted octanol–water partition coefficient (Wildman–Crippen LogP) is 3.66. The van der Waals surface area contributed by atoms with Gasteiger partial charge in [-0.25, -0.2) is 4.79 Å². The molecule has 0 radical (unpaired) electrons. The first-order valence-corrected chi connectivity index (χ1v) is 5.69. The van der Waals surface area contributed by atoms with Crippen molar-refractivity contribution in [1.29, 1.82) is 0 Å². The van der Waals surface area contributed by atoms with Crippen LogP contribution in [-0.4, -0.2) is 22.5 Å². The largest absolute Gasteiger partial charge is 0.573 e. The maximum absolute atomic E-state index is 12.1. The number of alkyl halides is 3. The summed E-state index contributed by atoms with van der Waals surface area (Å²) in [6.07, 6.45) is -4.84. The molecule has 0 spiro atoms. The van der Waals surface area contributed by atoms with Crippen molar-refractivity contribution in [2.45, 2.75) is 6.36 Å². The Balaban J connectivity index is 2.30. The molecule has 110 valence electrons. The fraction of sp³-hybridized carbons (Fsp3) is 0.0714. The van der Waals surface area contributed by atoms with Crippen LogP contribution >= 0.6 is 0 Å². The lowest BCUT2D eigenvalue weighted by atomic mass is 10.0. The van der Waals surface area contributed by atoms with E-state index in [0.29, 0.717) is 5.56 Å². The number of carbonyl (C=O) groups is 1. The summed E-state index contributed by atoms with van der Waals surface area (Å²) in [6, 6.07) is 8.72. The molecule has 0 aliphatic carbocycles. The van der Waals surface area contributed by atoms with Crippen molar-refractivity contribution < 1.29 is 32.9 Å². The van der Waals surface area contributed by atoms with E-state index in [-0.39, 0.29) is 11.1 Å². The molecule has 21 heavy (non-hydrogen) atoms. The SMILES string of the molecule is O=C(O)c1ccc(-c2ccc(OC(F)(F)F)cc2O)cc1. The smallest absolute Gasteiger partial charge is 0.507 e. The fourth-order valence-corrected chi connectivity index (χ4v) is 1.75. The topological polar surface area (TPSA) is 66.8 Å². The number of benzene rings is 2. The first-order valence-electron chi connectivity index (χ1n) is 5.69. The zero-order valence-corrected chi connectivity index (χ0v) is 10.4. The van der Waals surface area contributed by atoms with Gasteiger partial charge in [0.15, 0.2) is 0 Å². The minimum atomic E-state index is -4.84. The molecule has 0 aliphatic rings. The van der Waals surface area contributed by atoms with Crippen molar-refractivity contribution in [3.05, 3.63) is 48.0 Å². The van der Waals surface area contributed by atoms with Crippen LogP contribution in [0.15, 0.2) is 42.5 Å². The number of phenolic OH excluding ortho intramolecular Hbond substituents is 1. The molecule has 7 heteroatoms. The Hall–Kier alpha value is -2.70. The second-order valence-electron chi connectivity index (χ2n) is 4.11. The van der Waals surface area contributed by atoms with E-state index in [4.69, 9.17) is 5.11 Å². The lowest BCUT2D eigenvalue weighted by Gasteiger charge is -2.11. The molecule has 2 aromatic rings. The van der Waals surface area contributed by atoms with Crippen molar-refractivity contribution >= 4 is 5.97 Å². The number of phenols is 1. The van der Waals surface area contributed by atoms with E-state index in [1.165, 1.54) is 30.3 Å². The number of aromatic carboxylic acids is 1. The van der Waals surface area contributed by atoms with Crippen LogP contribution in [0.2, 0.25) is 0 Å². The second kappa shape index (κ2) is 5.35. The summed E-state index contributed by atoms with van der Waals surface area (Å²) in [5, 5.41) is 18.5. The van der Waals surface area contributed by atoms with E-state index >= 15 is 0 Å². The minimum absolute atomic E-state index is 0.0651. The van der Waals surface area contributed by atoms with Gasteiger partial charge in [0.25, 0.3) is 0 Å². The number of hydrogen-bond acceptors (Lipinski definition) is 3. The lowest BCUT2D eigenvalue weighted by molar-refractivity contribution is -0.274. The van der Waals surface area contributed by atoms with Crippen LogP contribution in [0.25, 0.3) is 11.1 Å². The molecule has 0 unspecified atom stereocenters. The Kier molecular flexibility index (Phi) is 3.75. The monoisotopic (exact) mass is 298 g/mol. The number of rotatable bonds is 3.